The number of esters is 1. The molecule has 1 atom stereocenters. The Hall–Kier alpha value is -1.13. The van der Waals surface area contributed by atoms with E-state index in [1.165, 1.54) is 6.92 Å². The third-order valence-corrected chi connectivity index (χ3v) is 5.07. The van der Waals surface area contributed by atoms with Crippen LogP contribution in [0.4, 0.5) is 0 Å². The SMILES string of the molecule is CC(=O)OC(c1ccccc1)(c1ccccc1)C(Br)CCBr. The van der Waals surface area contributed by atoms with E-state index < -0.39 is 5.60 Å². The lowest BCUT2D eigenvalue weighted by Crippen LogP contribution is -2.41. The van der Waals surface area contributed by atoms with Gasteiger partial charge in [0, 0.05) is 23.4 Å². The summed E-state index contributed by atoms with van der Waals surface area (Å²) in [6.07, 6.45) is 0.817. The van der Waals surface area contributed by atoms with Crippen molar-refractivity contribution in [3.63, 3.8) is 0 Å². The third-order valence-electron chi connectivity index (χ3n) is 3.51. The number of benzene rings is 2. The molecule has 1 unspecified atom stereocenters. The van der Waals surface area contributed by atoms with Gasteiger partial charge in [0.25, 0.3) is 0 Å². The molecule has 22 heavy (non-hydrogen) atoms. The number of carbonyl (C=O) groups excluding carboxylic acids is 1. The molecule has 0 bridgehead atoms. The first-order valence-electron chi connectivity index (χ1n) is 7.12. The van der Waals surface area contributed by atoms with Crippen molar-refractivity contribution in [2.75, 3.05) is 5.33 Å². The van der Waals surface area contributed by atoms with Crippen molar-refractivity contribution in [3.05, 3.63) is 71.8 Å². The van der Waals surface area contributed by atoms with E-state index in [1.54, 1.807) is 0 Å². The summed E-state index contributed by atoms with van der Waals surface area (Å²) in [5.74, 6) is -0.299. The standard InChI is InChI=1S/C18H18Br2O2/c1-14(21)22-18(17(20)12-13-19,15-8-4-2-5-9-15)16-10-6-3-7-11-16/h2-11,17H,12-13H2,1H3. The molecule has 2 aromatic rings. The molecule has 0 amide bonds. The summed E-state index contributed by atoms with van der Waals surface area (Å²) in [4.78, 5) is 11.8. The van der Waals surface area contributed by atoms with Crippen molar-refractivity contribution < 1.29 is 9.53 Å². The molecule has 0 aliphatic heterocycles. The summed E-state index contributed by atoms with van der Waals surface area (Å²) in [7, 11) is 0. The van der Waals surface area contributed by atoms with Crippen molar-refractivity contribution in [3.8, 4) is 0 Å². The highest BCUT2D eigenvalue weighted by molar-refractivity contribution is 9.10. The number of hydrogen-bond acceptors (Lipinski definition) is 2. The van der Waals surface area contributed by atoms with Crippen LogP contribution in [0.1, 0.15) is 24.5 Å². The zero-order chi connectivity index (χ0) is 16.0. The first kappa shape index (κ1) is 17.2. The lowest BCUT2D eigenvalue weighted by molar-refractivity contribution is -0.154. The minimum absolute atomic E-state index is 0.0481. The van der Waals surface area contributed by atoms with E-state index >= 15 is 0 Å². The lowest BCUT2D eigenvalue weighted by Gasteiger charge is -2.38. The highest BCUT2D eigenvalue weighted by Crippen LogP contribution is 2.42. The minimum Gasteiger partial charge on any atom is -0.448 e. The monoisotopic (exact) mass is 424 g/mol. The second-order valence-electron chi connectivity index (χ2n) is 5.01. The Morgan fingerprint density at radius 2 is 1.50 bits per heavy atom. The van der Waals surface area contributed by atoms with Crippen LogP contribution in [-0.4, -0.2) is 16.1 Å². The molecule has 116 valence electrons. The highest BCUT2D eigenvalue weighted by atomic mass is 79.9. The van der Waals surface area contributed by atoms with Crippen LogP contribution in [0.25, 0.3) is 0 Å². The van der Waals surface area contributed by atoms with Gasteiger partial charge in [0.2, 0.25) is 0 Å². The van der Waals surface area contributed by atoms with Gasteiger partial charge in [-0.05, 0) is 6.42 Å². The van der Waals surface area contributed by atoms with Gasteiger partial charge in [-0.1, -0.05) is 92.5 Å². The van der Waals surface area contributed by atoms with E-state index in [2.05, 4.69) is 31.9 Å². The lowest BCUT2D eigenvalue weighted by atomic mass is 9.82. The van der Waals surface area contributed by atoms with Gasteiger partial charge >= 0.3 is 5.97 Å². The number of carbonyl (C=O) groups is 1. The first-order chi connectivity index (χ1) is 10.6. The second kappa shape index (κ2) is 7.93. The van der Waals surface area contributed by atoms with E-state index in [-0.39, 0.29) is 10.8 Å². The van der Waals surface area contributed by atoms with Gasteiger partial charge in [-0.2, -0.15) is 0 Å². The van der Waals surface area contributed by atoms with Crippen molar-refractivity contribution in [2.24, 2.45) is 0 Å². The molecule has 2 rings (SSSR count). The van der Waals surface area contributed by atoms with E-state index in [1.807, 2.05) is 60.7 Å². The average Bonchev–Trinajstić information content (AvgIpc) is 2.54. The Kier molecular flexibility index (Phi) is 6.21. The number of hydrogen-bond donors (Lipinski definition) is 0. The van der Waals surface area contributed by atoms with E-state index in [4.69, 9.17) is 4.74 Å². The van der Waals surface area contributed by atoms with Gasteiger partial charge < -0.3 is 4.74 Å². The Labute approximate surface area is 148 Å². The Morgan fingerprint density at radius 1 is 1.05 bits per heavy atom. The molecule has 2 nitrogen and oxygen atoms in total. The summed E-state index contributed by atoms with van der Waals surface area (Å²) in [5.41, 5.74) is 1.07. The van der Waals surface area contributed by atoms with Gasteiger partial charge in [-0.15, -0.1) is 0 Å². The summed E-state index contributed by atoms with van der Waals surface area (Å²) in [6, 6.07) is 19.8. The predicted molar refractivity (Wildman–Crippen MR) is 96.6 cm³/mol. The van der Waals surface area contributed by atoms with Gasteiger partial charge in [0.05, 0.1) is 4.83 Å². The Balaban J connectivity index is 2.66. The molecular formula is C18H18Br2O2. The fourth-order valence-corrected chi connectivity index (χ4v) is 4.53. The fraction of sp³-hybridized carbons (Fsp3) is 0.278. The summed E-state index contributed by atoms with van der Waals surface area (Å²) >= 11 is 7.24. The molecule has 0 saturated carbocycles. The zero-order valence-corrected chi connectivity index (χ0v) is 15.5. The maximum Gasteiger partial charge on any atom is 0.303 e. The van der Waals surface area contributed by atoms with Crippen molar-refractivity contribution in [2.45, 2.75) is 23.8 Å². The number of rotatable bonds is 6. The zero-order valence-electron chi connectivity index (χ0n) is 12.3. The third kappa shape index (κ3) is 3.61. The summed E-state index contributed by atoms with van der Waals surface area (Å²) < 4.78 is 5.92. The molecular weight excluding hydrogens is 408 g/mol. The van der Waals surface area contributed by atoms with E-state index in [0.717, 1.165) is 22.9 Å². The van der Waals surface area contributed by atoms with Gasteiger partial charge in [-0.25, -0.2) is 0 Å². The van der Waals surface area contributed by atoms with E-state index in [9.17, 15) is 4.79 Å². The topological polar surface area (TPSA) is 26.3 Å². The van der Waals surface area contributed by atoms with E-state index in [0.29, 0.717) is 0 Å². The number of halogens is 2. The van der Waals surface area contributed by atoms with Gasteiger partial charge in [0.1, 0.15) is 0 Å². The molecule has 2 aromatic carbocycles. The maximum atomic E-state index is 11.9. The summed E-state index contributed by atoms with van der Waals surface area (Å²) in [6.45, 7) is 1.45. The van der Waals surface area contributed by atoms with Crippen LogP contribution in [-0.2, 0) is 15.1 Å². The molecule has 0 spiro atoms. The van der Waals surface area contributed by atoms with Crippen LogP contribution in [0, 0.1) is 0 Å². The molecule has 0 aliphatic rings. The molecule has 0 aromatic heterocycles. The number of ether oxygens (including phenoxy) is 1. The summed E-state index contributed by atoms with van der Waals surface area (Å²) in [5, 5.41) is 0.811. The highest BCUT2D eigenvalue weighted by Gasteiger charge is 2.43. The van der Waals surface area contributed by atoms with Crippen LogP contribution in [0.2, 0.25) is 0 Å². The fourth-order valence-electron chi connectivity index (χ4n) is 2.61. The van der Waals surface area contributed by atoms with Crippen molar-refractivity contribution in [1.82, 2.24) is 0 Å². The normalized spacial score (nSPS) is 12.7. The average molecular weight is 426 g/mol. The maximum absolute atomic E-state index is 11.9. The Morgan fingerprint density at radius 3 is 1.86 bits per heavy atom. The molecule has 0 saturated heterocycles. The number of alkyl halides is 2. The van der Waals surface area contributed by atoms with Gasteiger partial charge in [0.15, 0.2) is 5.60 Å². The molecule has 0 fully saturated rings. The predicted octanol–water partition coefficient (Wildman–Crippen LogP) is 5.04. The van der Waals surface area contributed by atoms with Crippen molar-refractivity contribution >= 4 is 37.8 Å². The molecule has 0 aliphatic carbocycles. The molecule has 4 heteroatoms. The van der Waals surface area contributed by atoms with Crippen LogP contribution in [0.15, 0.2) is 60.7 Å². The van der Waals surface area contributed by atoms with Crippen molar-refractivity contribution in [1.29, 1.82) is 0 Å². The van der Waals surface area contributed by atoms with Crippen LogP contribution < -0.4 is 0 Å². The van der Waals surface area contributed by atoms with Crippen LogP contribution >= 0.6 is 31.9 Å². The molecule has 0 N–H and O–H groups in total. The Bertz CT molecular complexity index is 559. The second-order valence-corrected chi connectivity index (χ2v) is 6.90. The minimum atomic E-state index is -0.845. The first-order valence-corrected chi connectivity index (χ1v) is 9.15. The van der Waals surface area contributed by atoms with Crippen LogP contribution in [0.5, 0.6) is 0 Å². The van der Waals surface area contributed by atoms with Crippen LogP contribution in [0.3, 0.4) is 0 Å². The van der Waals surface area contributed by atoms with Gasteiger partial charge in [-0.3, -0.25) is 4.79 Å². The molecule has 0 radical (unpaired) electrons. The molecule has 0 heterocycles. The largest absolute Gasteiger partial charge is 0.448 e. The smallest absolute Gasteiger partial charge is 0.303 e. The quantitative estimate of drug-likeness (QED) is 0.478.